The van der Waals surface area contributed by atoms with Gasteiger partial charge in [0.1, 0.15) is 18.0 Å². The van der Waals surface area contributed by atoms with E-state index in [9.17, 15) is 13.6 Å². The van der Waals surface area contributed by atoms with Crippen LogP contribution in [0.15, 0.2) is 30.6 Å². The van der Waals surface area contributed by atoms with Crippen molar-refractivity contribution in [2.75, 3.05) is 6.61 Å². The monoisotopic (exact) mass is 279 g/mol. The van der Waals surface area contributed by atoms with Gasteiger partial charge in [-0.25, -0.2) is 23.2 Å². The molecule has 0 unspecified atom stereocenters. The van der Waals surface area contributed by atoms with E-state index in [1.54, 1.807) is 6.92 Å². The van der Waals surface area contributed by atoms with Crippen molar-refractivity contribution in [3.63, 3.8) is 0 Å². The molecule has 0 bridgehead atoms. The molecule has 5 nitrogen and oxygen atoms in total. The third kappa shape index (κ3) is 3.47. The van der Waals surface area contributed by atoms with Crippen LogP contribution in [0.25, 0.3) is 17.6 Å². The van der Waals surface area contributed by atoms with Gasteiger partial charge in [-0.1, -0.05) is 0 Å². The Labute approximate surface area is 113 Å². The van der Waals surface area contributed by atoms with E-state index < -0.39 is 17.6 Å². The van der Waals surface area contributed by atoms with E-state index in [0.29, 0.717) is 0 Å². The van der Waals surface area contributed by atoms with Gasteiger partial charge in [-0.2, -0.15) is 0 Å². The lowest BCUT2D eigenvalue weighted by molar-refractivity contribution is -0.137. The lowest BCUT2D eigenvalue weighted by atomic mass is 10.2. The first-order chi connectivity index (χ1) is 9.58. The number of carbonyl (C=O) groups excluding carboxylic acids is 1. The summed E-state index contributed by atoms with van der Waals surface area (Å²) in [5, 5.41) is 3.97. The number of hydrogen-bond acceptors (Lipinski definition) is 4. The summed E-state index contributed by atoms with van der Waals surface area (Å²) in [5.74, 6) is -1.78. The number of aromatic nitrogens is 3. The standard InChI is InChI=1S/C13H11F2N3O2/c1-2-20-12(19)3-4-18-8-16-13(17-18)9-5-10(14)7-11(15)6-9/h3-8H,2H2,1H3. The largest absolute Gasteiger partial charge is 0.463 e. The number of hydrogen-bond donors (Lipinski definition) is 0. The van der Waals surface area contributed by atoms with Gasteiger partial charge in [0.15, 0.2) is 5.82 Å². The van der Waals surface area contributed by atoms with E-state index in [1.165, 1.54) is 23.3 Å². The summed E-state index contributed by atoms with van der Waals surface area (Å²) in [6.07, 6.45) is 3.83. The van der Waals surface area contributed by atoms with Crippen LogP contribution in [0.2, 0.25) is 0 Å². The number of rotatable bonds is 4. The van der Waals surface area contributed by atoms with Gasteiger partial charge >= 0.3 is 5.97 Å². The van der Waals surface area contributed by atoms with E-state index in [2.05, 4.69) is 10.1 Å². The van der Waals surface area contributed by atoms with E-state index in [4.69, 9.17) is 4.74 Å². The van der Waals surface area contributed by atoms with Crippen LogP contribution in [0.3, 0.4) is 0 Å². The van der Waals surface area contributed by atoms with Crippen molar-refractivity contribution in [3.8, 4) is 11.4 Å². The van der Waals surface area contributed by atoms with Crippen LogP contribution < -0.4 is 0 Å². The van der Waals surface area contributed by atoms with E-state index >= 15 is 0 Å². The molecule has 0 saturated carbocycles. The summed E-state index contributed by atoms with van der Waals surface area (Å²) in [6.45, 7) is 1.96. The maximum absolute atomic E-state index is 13.1. The summed E-state index contributed by atoms with van der Waals surface area (Å²) in [7, 11) is 0. The molecule has 0 saturated heterocycles. The van der Waals surface area contributed by atoms with Crippen molar-refractivity contribution in [1.29, 1.82) is 0 Å². The summed E-state index contributed by atoms with van der Waals surface area (Å²) >= 11 is 0. The van der Waals surface area contributed by atoms with Crippen molar-refractivity contribution in [3.05, 3.63) is 42.2 Å². The molecule has 2 aromatic rings. The molecular weight excluding hydrogens is 268 g/mol. The van der Waals surface area contributed by atoms with Crippen molar-refractivity contribution in [1.82, 2.24) is 14.8 Å². The van der Waals surface area contributed by atoms with E-state index in [-0.39, 0.29) is 18.0 Å². The topological polar surface area (TPSA) is 57.0 Å². The maximum Gasteiger partial charge on any atom is 0.332 e. The molecule has 20 heavy (non-hydrogen) atoms. The fourth-order valence-corrected chi connectivity index (χ4v) is 1.49. The Morgan fingerprint density at radius 1 is 1.35 bits per heavy atom. The average Bonchev–Trinajstić information content (AvgIpc) is 2.84. The lowest BCUT2D eigenvalue weighted by Crippen LogP contribution is -2.00. The molecule has 104 valence electrons. The molecule has 0 aliphatic carbocycles. The third-order valence-corrected chi connectivity index (χ3v) is 2.28. The number of carbonyl (C=O) groups is 1. The molecule has 7 heteroatoms. The molecule has 0 aliphatic rings. The molecule has 1 aromatic carbocycles. The highest BCUT2D eigenvalue weighted by Crippen LogP contribution is 2.17. The zero-order valence-electron chi connectivity index (χ0n) is 10.6. The molecule has 0 fully saturated rings. The van der Waals surface area contributed by atoms with Gasteiger partial charge < -0.3 is 4.74 Å². The molecular formula is C13H11F2N3O2. The zero-order valence-corrected chi connectivity index (χ0v) is 10.6. The van der Waals surface area contributed by atoms with E-state index in [0.717, 1.165) is 18.2 Å². The second-order valence-electron chi connectivity index (χ2n) is 3.77. The first-order valence-electron chi connectivity index (χ1n) is 5.81. The van der Waals surface area contributed by atoms with Crippen LogP contribution in [0.5, 0.6) is 0 Å². The van der Waals surface area contributed by atoms with Crippen LogP contribution in [-0.4, -0.2) is 27.3 Å². The second-order valence-corrected chi connectivity index (χ2v) is 3.77. The number of nitrogens with zero attached hydrogens (tertiary/aromatic N) is 3. The summed E-state index contributed by atoms with van der Waals surface area (Å²) in [5.41, 5.74) is 0.214. The van der Waals surface area contributed by atoms with Gasteiger partial charge in [0, 0.05) is 23.9 Å². The molecule has 0 radical (unpaired) electrons. The lowest BCUT2D eigenvalue weighted by Gasteiger charge is -1.96. The van der Waals surface area contributed by atoms with Gasteiger partial charge in [-0.3, -0.25) is 0 Å². The summed E-state index contributed by atoms with van der Waals surface area (Å²) < 4.78 is 32.1. The predicted molar refractivity (Wildman–Crippen MR) is 67.3 cm³/mol. The highest BCUT2D eigenvalue weighted by atomic mass is 19.1. The van der Waals surface area contributed by atoms with Crippen LogP contribution in [0.4, 0.5) is 8.78 Å². The quantitative estimate of drug-likeness (QED) is 0.636. The minimum atomic E-state index is -0.710. The van der Waals surface area contributed by atoms with Gasteiger partial charge in [0.2, 0.25) is 0 Å². The number of ether oxygens (including phenoxy) is 1. The molecule has 0 aliphatic heterocycles. The second kappa shape index (κ2) is 6.05. The molecule has 0 N–H and O–H groups in total. The van der Waals surface area contributed by atoms with Gasteiger partial charge in [-0.05, 0) is 19.1 Å². The Bertz CT molecular complexity index is 633. The Hall–Kier alpha value is -2.57. The minimum Gasteiger partial charge on any atom is -0.463 e. The zero-order chi connectivity index (χ0) is 14.5. The molecule has 0 amide bonds. The molecule has 0 spiro atoms. The van der Waals surface area contributed by atoms with Gasteiger partial charge in [0.05, 0.1) is 6.61 Å². The minimum absolute atomic E-state index is 0.150. The SMILES string of the molecule is CCOC(=O)C=Cn1cnc(-c2cc(F)cc(F)c2)n1. The van der Waals surface area contributed by atoms with Crippen molar-refractivity contribution in [2.45, 2.75) is 6.92 Å². The summed E-state index contributed by atoms with van der Waals surface area (Å²) in [4.78, 5) is 15.0. The highest BCUT2D eigenvalue weighted by Gasteiger charge is 2.07. The smallest absolute Gasteiger partial charge is 0.332 e. The van der Waals surface area contributed by atoms with Crippen LogP contribution in [0, 0.1) is 11.6 Å². The normalized spacial score (nSPS) is 10.9. The molecule has 1 aromatic heterocycles. The number of benzene rings is 1. The average molecular weight is 279 g/mol. The van der Waals surface area contributed by atoms with Crippen LogP contribution in [0.1, 0.15) is 6.92 Å². The Balaban J connectivity index is 2.18. The van der Waals surface area contributed by atoms with Gasteiger partial charge in [-0.15, -0.1) is 5.10 Å². The Kier molecular flexibility index (Phi) is 4.19. The predicted octanol–water partition coefficient (Wildman–Crippen LogP) is 2.26. The van der Waals surface area contributed by atoms with Crippen molar-refractivity contribution in [2.24, 2.45) is 0 Å². The molecule has 1 heterocycles. The first-order valence-corrected chi connectivity index (χ1v) is 5.81. The molecule has 2 rings (SSSR count). The number of esters is 1. The fourth-order valence-electron chi connectivity index (χ4n) is 1.49. The Morgan fingerprint density at radius 2 is 2.05 bits per heavy atom. The molecule has 0 atom stereocenters. The maximum atomic E-state index is 13.1. The fraction of sp³-hybridized carbons (Fsp3) is 0.154. The van der Waals surface area contributed by atoms with E-state index in [1.807, 2.05) is 0 Å². The van der Waals surface area contributed by atoms with Gasteiger partial charge in [0.25, 0.3) is 0 Å². The van der Waals surface area contributed by atoms with Crippen LogP contribution >= 0.6 is 0 Å². The highest BCUT2D eigenvalue weighted by molar-refractivity contribution is 5.84. The Morgan fingerprint density at radius 3 is 2.70 bits per heavy atom. The number of halogens is 2. The summed E-state index contributed by atoms with van der Waals surface area (Å²) in [6, 6.07) is 3.01. The van der Waals surface area contributed by atoms with Crippen molar-refractivity contribution >= 4 is 12.2 Å². The van der Waals surface area contributed by atoms with Crippen LogP contribution in [-0.2, 0) is 9.53 Å². The third-order valence-electron chi connectivity index (χ3n) is 2.28. The van der Waals surface area contributed by atoms with Crippen molar-refractivity contribution < 1.29 is 18.3 Å². The first kappa shape index (κ1) is 13.9.